The maximum Gasteiger partial charge on any atom is 0.420 e. The Hall–Kier alpha value is -4.68. The molecule has 1 amide bonds. The van der Waals surface area contributed by atoms with Gasteiger partial charge in [0.05, 0.1) is 5.69 Å². The van der Waals surface area contributed by atoms with Crippen LogP contribution in [0.5, 0.6) is 11.6 Å². The van der Waals surface area contributed by atoms with Gasteiger partial charge in [-0.2, -0.15) is 4.98 Å². The van der Waals surface area contributed by atoms with Gasteiger partial charge in [0.2, 0.25) is 11.8 Å². The van der Waals surface area contributed by atoms with Crippen LogP contribution in [0, 0.1) is 38.2 Å². The van der Waals surface area contributed by atoms with E-state index in [0.717, 1.165) is 65.5 Å². The van der Waals surface area contributed by atoms with E-state index in [9.17, 15) is 13.6 Å². The number of carbonyl (C=O) groups excluding carboxylic acids is 1. The minimum Gasteiger partial charge on any atom is -0.489 e. The summed E-state index contributed by atoms with van der Waals surface area (Å²) in [7, 11) is 1.36. The van der Waals surface area contributed by atoms with Gasteiger partial charge in [0.25, 0.3) is 0 Å². The molecule has 4 aromatic rings. The topological polar surface area (TPSA) is 83.1 Å². The number of amides is 1. The Bertz CT molecular complexity index is 1780. The molecule has 0 spiro atoms. The van der Waals surface area contributed by atoms with E-state index in [4.69, 9.17) is 9.47 Å². The monoisotopic (exact) mass is 662 g/mol. The number of rotatable bonds is 10. The fourth-order valence-electron chi connectivity index (χ4n) is 5.47. The molecule has 0 bridgehead atoms. The Morgan fingerprint density at radius 3 is 2.33 bits per heavy atom. The van der Waals surface area contributed by atoms with Gasteiger partial charge in [-0.15, -0.1) is 0 Å². The summed E-state index contributed by atoms with van der Waals surface area (Å²) < 4.78 is 53.8. The zero-order valence-corrected chi connectivity index (χ0v) is 28.1. The first kappa shape index (κ1) is 34.6. The summed E-state index contributed by atoms with van der Waals surface area (Å²) >= 11 is 0. The van der Waals surface area contributed by atoms with Gasteiger partial charge in [-0.05, 0) is 75.6 Å². The van der Waals surface area contributed by atoms with Crippen molar-refractivity contribution in [1.82, 2.24) is 19.8 Å². The molecule has 3 aromatic carbocycles. The smallest absolute Gasteiger partial charge is 0.420 e. The Morgan fingerprint density at radius 1 is 0.896 bits per heavy atom. The van der Waals surface area contributed by atoms with Gasteiger partial charge in [-0.3, -0.25) is 14.7 Å². The number of ether oxygens (including phenoxy) is 2. The molecule has 0 atom stereocenters. The first-order valence-electron chi connectivity index (χ1n) is 15.9. The Morgan fingerprint density at radius 2 is 1.65 bits per heavy atom. The summed E-state index contributed by atoms with van der Waals surface area (Å²) in [6.45, 7) is 15.4. The van der Waals surface area contributed by atoms with Gasteiger partial charge in [0.1, 0.15) is 6.61 Å². The summed E-state index contributed by atoms with van der Waals surface area (Å²) in [5, 5.41) is 3.01. The lowest BCUT2D eigenvalue weighted by atomic mass is 9.97. The van der Waals surface area contributed by atoms with Gasteiger partial charge in [-0.1, -0.05) is 12.1 Å². The number of aryl methyl sites for hydroxylation is 1. The van der Waals surface area contributed by atoms with Gasteiger partial charge < -0.3 is 14.8 Å². The van der Waals surface area contributed by atoms with Gasteiger partial charge in [0, 0.05) is 81.0 Å². The van der Waals surface area contributed by atoms with E-state index in [2.05, 4.69) is 38.9 Å². The molecule has 0 aliphatic carbocycles. The fraction of sp³-hybridized carbons (Fsp3) is 0.361. The van der Waals surface area contributed by atoms with Crippen molar-refractivity contribution < 1.29 is 27.4 Å². The number of hydrogen-bond donors (Lipinski definition) is 1. The second-order valence-corrected chi connectivity index (χ2v) is 12.2. The van der Waals surface area contributed by atoms with Crippen molar-refractivity contribution in [2.45, 2.75) is 40.7 Å². The molecule has 1 saturated heterocycles. The molecule has 48 heavy (non-hydrogen) atoms. The molecule has 1 N–H and O–H groups in total. The number of hydrogen-bond acceptors (Lipinski definition) is 8. The third kappa shape index (κ3) is 8.23. The third-order valence-electron chi connectivity index (χ3n) is 8.78. The minimum atomic E-state index is -1.10. The summed E-state index contributed by atoms with van der Waals surface area (Å²) in [5.41, 5.74) is 4.85. The minimum absolute atomic E-state index is 0.0528. The maximum atomic E-state index is 15.1. The molecular formula is C36H41F3N6O3. The van der Waals surface area contributed by atoms with Crippen LogP contribution in [0.1, 0.15) is 30.5 Å². The van der Waals surface area contributed by atoms with Crippen LogP contribution in [0.15, 0.2) is 54.6 Å². The van der Waals surface area contributed by atoms with Crippen molar-refractivity contribution in [2.75, 3.05) is 56.6 Å². The Labute approximate surface area is 279 Å². The molecule has 5 rings (SSSR count). The largest absolute Gasteiger partial charge is 0.489 e. The molecule has 0 saturated carbocycles. The highest BCUT2D eigenvalue weighted by atomic mass is 19.2. The van der Waals surface area contributed by atoms with Gasteiger partial charge >= 0.3 is 6.09 Å². The molecule has 1 aliphatic heterocycles. The first-order chi connectivity index (χ1) is 22.9. The van der Waals surface area contributed by atoms with Crippen molar-refractivity contribution in [3.8, 4) is 22.9 Å². The average molecular weight is 663 g/mol. The molecule has 9 nitrogen and oxygen atoms in total. The van der Waals surface area contributed by atoms with Crippen LogP contribution in [0.4, 0.5) is 35.3 Å². The van der Waals surface area contributed by atoms with Gasteiger partial charge in [0.15, 0.2) is 23.2 Å². The number of piperazine rings is 1. The van der Waals surface area contributed by atoms with E-state index in [-0.39, 0.29) is 23.3 Å². The summed E-state index contributed by atoms with van der Waals surface area (Å²) in [6, 6.07) is 13.5. The lowest BCUT2D eigenvalue weighted by Gasteiger charge is -2.36. The van der Waals surface area contributed by atoms with Gasteiger partial charge in [-0.25, -0.2) is 22.9 Å². The fourth-order valence-corrected chi connectivity index (χ4v) is 5.47. The predicted octanol–water partition coefficient (Wildman–Crippen LogP) is 7.27. The predicted molar refractivity (Wildman–Crippen MR) is 181 cm³/mol. The summed E-state index contributed by atoms with van der Waals surface area (Å²) in [4.78, 5) is 27.8. The number of halogens is 3. The highest BCUT2D eigenvalue weighted by Crippen LogP contribution is 2.31. The molecule has 1 aromatic heterocycles. The molecule has 1 fully saturated rings. The van der Waals surface area contributed by atoms with Crippen LogP contribution in [0.25, 0.3) is 11.3 Å². The zero-order valence-electron chi connectivity index (χ0n) is 28.1. The van der Waals surface area contributed by atoms with E-state index in [1.165, 1.54) is 25.2 Å². The van der Waals surface area contributed by atoms with E-state index < -0.39 is 23.5 Å². The molecule has 0 radical (unpaired) electrons. The van der Waals surface area contributed by atoms with Crippen LogP contribution < -0.4 is 19.7 Å². The third-order valence-corrected chi connectivity index (χ3v) is 8.78. The number of benzene rings is 3. The van der Waals surface area contributed by atoms with E-state index in [1.807, 2.05) is 32.9 Å². The number of nitrogens with one attached hydrogen (secondary N) is 1. The first-order valence-corrected chi connectivity index (χ1v) is 15.9. The number of nitrogens with zero attached hydrogens (tertiary/aromatic N) is 5. The lowest BCUT2D eigenvalue weighted by Crippen LogP contribution is -2.49. The van der Waals surface area contributed by atoms with Crippen LogP contribution in [-0.2, 0) is 0 Å². The van der Waals surface area contributed by atoms with E-state index in [1.54, 1.807) is 12.1 Å². The summed E-state index contributed by atoms with van der Waals surface area (Å²) in [6.07, 6.45) is -0.886. The molecule has 1 aliphatic rings. The average Bonchev–Trinajstić information content (AvgIpc) is 3.05. The maximum absolute atomic E-state index is 15.1. The number of carbonyl (C=O) groups is 1. The molecule has 0 unspecified atom stereocenters. The van der Waals surface area contributed by atoms with E-state index >= 15 is 4.39 Å². The normalized spacial score (nSPS) is 13.9. The number of aromatic nitrogens is 2. The Kier molecular flexibility index (Phi) is 10.9. The lowest BCUT2D eigenvalue weighted by molar-refractivity contribution is 0.0965. The quantitative estimate of drug-likeness (QED) is 0.190. The van der Waals surface area contributed by atoms with Crippen molar-refractivity contribution in [3.63, 3.8) is 0 Å². The van der Waals surface area contributed by atoms with Crippen LogP contribution in [0.3, 0.4) is 0 Å². The SMILES string of the molecule is Cc1ccc(-c2cc(OC(=O)N(C)c3ccc(F)c(F)c3)nc(Nc3ccc(OCCN4CCN(C(C)C)CC4)c(F)c3)n2)c(C)c1C. The second kappa shape index (κ2) is 15.0. The Balaban J connectivity index is 1.33. The van der Waals surface area contributed by atoms with Crippen molar-refractivity contribution in [2.24, 2.45) is 0 Å². The standard InChI is InChI=1S/C36H41F3N6O3/c1-22(2)45-15-13-44(14-16-45)17-18-47-33-12-8-26(19-31(33)39)40-35-41-32(28-10-7-23(3)24(4)25(28)5)21-34(42-35)48-36(46)43(6)27-9-11-29(37)30(38)20-27/h7-12,19-22H,13-18H2,1-6H3,(H,40,41,42). The summed E-state index contributed by atoms with van der Waals surface area (Å²) in [5.74, 6) is -2.60. The molecule has 2 heterocycles. The van der Waals surface area contributed by atoms with Crippen molar-refractivity contribution in [3.05, 3.63) is 88.7 Å². The zero-order chi connectivity index (χ0) is 34.5. The van der Waals surface area contributed by atoms with Crippen molar-refractivity contribution in [1.29, 1.82) is 0 Å². The molecular weight excluding hydrogens is 621 g/mol. The van der Waals surface area contributed by atoms with Crippen molar-refractivity contribution >= 4 is 23.4 Å². The van der Waals surface area contributed by atoms with Crippen LogP contribution in [0.2, 0.25) is 0 Å². The molecule has 254 valence electrons. The van der Waals surface area contributed by atoms with E-state index in [0.29, 0.717) is 30.6 Å². The second-order valence-electron chi connectivity index (χ2n) is 12.2. The number of anilines is 3. The highest BCUT2D eigenvalue weighted by Gasteiger charge is 2.20. The van der Waals surface area contributed by atoms with Crippen LogP contribution in [-0.4, -0.2) is 78.3 Å². The molecule has 12 heteroatoms. The highest BCUT2D eigenvalue weighted by molar-refractivity contribution is 5.88. The van der Waals surface area contributed by atoms with Crippen LogP contribution >= 0.6 is 0 Å².